The molecule has 5 rings (SSSR count). The van der Waals surface area contributed by atoms with E-state index in [0.29, 0.717) is 23.8 Å². The lowest BCUT2D eigenvalue weighted by atomic mass is 10.1. The van der Waals surface area contributed by atoms with Gasteiger partial charge in [-0.1, -0.05) is 6.07 Å². The number of aryl methyl sites for hydroxylation is 2. The van der Waals surface area contributed by atoms with E-state index in [1.807, 2.05) is 67.1 Å². The monoisotopic (exact) mass is 556 g/mol. The highest BCUT2D eigenvalue weighted by Crippen LogP contribution is 2.27. The van der Waals surface area contributed by atoms with E-state index in [9.17, 15) is 14.0 Å². The normalized spacial score (nSPS) is 14.6. The summed E-state index contributed by atoms with van der Waals surface area (Å²) in [5, 5.41) is 2.92. The summed E-state index contributed by atoms with van der Waals surface area (Å²) < 4.78 is 26.3. The summed E-state index contributed by atoms with van der Waals surface area (Å²) in [5.41, 5.74) is 4.92. The fraction of sp³-hybridized carbons (Fsp3) is 0.281. The van der Waals surface area contributed by atoms with E-state index in [0.717, 1.165) is 41.0 Å². The fourth-order valence-corrected chi connectivity index (χ4v) is 4.81. The van der Waals surface area contributed by atoms with Gasteiger partial charge in [0.2, 0.25) is 11.9 Å². The lowest BCUT2D eigenvalue weighted by Gasteiger charge is -2.25. The van der Waals surface area contributed by atoms with E-state index in [-0.39, 0.29) is 25.1 Å². The molecule has 212 valence electrons. The van der Waals surface area contributed by atoms with Gasteiger partial charge in [-0.05, 0) is 98.5 Å². The molecular weight excluding hydrogens is 523 g/mol. The second-order valence-corrected chi connectivity index (χ2v) is 10.2. The number of hydrogen-bond acceptors (Lipinski definition) is 5. The summed E-state index contributed by atoms with van der Waals surface area (Å²) in [6, 6.07) is 18.9. The van der Waals surface area contributed by atoms with Crippen molar-refractivity contribution in [3.05, 3.63) is 95.4 Å². The number of ether oxygens (including phenoxy) is 2. The van der Waals surface area contributed by atoms with Gasteiger partial charge in [0, 0.05) is 36.2 Å². The van der Waals surface area contributed by atoms with E-state index >= 15 is 0 Å². The van der Waals surface area contributed by atoms with E-state index in [4.69, 9.17) is 14.5 Å². The Labute approximate surface area is 238 Å². The first-order valence-electron chi connectivity index (χ1n) is 13.6. The first kappa shape index (κ1) is 28.0. The van der Waals surface area contributed by atoms with Gasteiger partial charge in [0.15, 0.2) is 0 Å². The molecule has 1 saturated heterocycles. The average Bonchev–Trinajstić information content (AvgIpc) is 3.64. The second-order valence-electron chi connectivity index (χ2n) is 10.2. The summed E-state index contributed by atoms with van der Waals surface area (Å²) in [7, 11) is 1.61. The Bertz CT molecular complexity index is 1530. The van der Waals surface area contributed by atoms with Crippen LogP contribution in [0.25, 0.3) is 16.9 Å². The molecule has 1 atom stereocenters. The van der Waals surface area contributed by atoms with Crippen LogP contribution in [0.4, 0.5) is 10.3 Å². The van der Waals surface area contributed by atoms with E-state index < -0.39 is 11.7 Å². The van der Waals surface area contributed by atoms with Crippen LogP contribution in [0.2, 0.25) is 0 Å². The predicted molar refractivity (Wildman–Crippen MR) is 155 cm³/mol. The molecule has 1 aliphatic rings. The van der Waals surface area contributed by atoms with Gasteiger partial charge >= 0.3 is 0 Å². The number of hydrogen-bond donors (Lipinski definition) is 1. The number of halogens is 1. The molecule has 0 spiro atoms. The van der Waals surface area contributed by atoms with Crippen LogP contribution in [-0.4, -0.2) is 59.2 Å². The Morgan fingerprint density at radius 3 is 2.49 bits per heavy atom. The summed E-state index contributed by atoms with van der Waals surface area (Å²) in [5.74, 6) is -0.151. The molecule has 9 heteroatoms. The Balaban J connectivity index is 1.43. The number of carbonyl (C=O) groups excluding carboxylic acids is 2. The molecule has 2 amide bonds. The van der Waals surface area contributed by atoms with Gasteiger partial charge in [-0.15, -0.1) is 0 Å². The summed E-state index contributed by atoms with van der Waals surface area (Å²) in [6.45, 7) is 4.73. The number of imidazole rings is 1. The fourth-order valence-electron chi connectivity index (χ4n) is 4.81. The van der Waals surface area contributed by atoms with Crippen molar-refractivity contribution in [1.82, 2.24) is 14.5 Å². The molecule has 0 aliphatic carbocycles. The molecule has 1 aliphatic heterocycles. The molecule has 2 heterocycles. The van der Waals surface area contributed by atoms with Gasteiger partial charge in [0.05, 0.1) is 18.9 Å². The molecule has 1 fully saturated rings. The minimum Gasteiger partial charge on any atom is -0.497 e. The Morgan fingerprint density at radius 1 is 1.07 bits per heavy atom. The zero-order valence-corrected chi connectivity index (χ0v) is 23.4. The molecule has 41 heavy (non-hydrogen) atoms. The minimum absolute atomic E-state index is 0.161. The lowest BCUT2D eigenvalue weighted by molar-refractivity contribution is -0.117. The second kappa shape index (κ2) is 12.3. The van der Waals surface area contributed by atoms with E-state index in [1.54, 1.807) is 7.11 Å². The Kier molecular flexibility index (Phi) is 8.45. The van der Waals surface area contributed by atoms with Gasteiger partial charge in [-0.3, -0.25) is 19.5 Å². The van der Waals surface area contributed by atoms with Gasteiger partial charge in [-0.25, -0.2) is 9.37 Å². The molecule has 1 N–H and O–H groups in total. The topological polar surface area (TPSA) is 85.7 Å². The largest absolute Gasteiger partial charge is 0.497 e. The summed E-state index contributed by atoms with van der Waals surface area (Å²) >= 11 is 0. The Hall–Kier alpha value is -4.50. The lowest BCUT2D eigenvalue weighted by Crippen LogP contribution is -2.42. The van der Waals surface area contributed by atoms with Crippen molar-refractivity contribution in [2.24, 2.45) is 0 Å². The van der Waals surface area contributed by atoms with Crippen molar-refractivity contribution in [2.45, 2.75) is 32.8 Å². The van der Waals surface area contributed by atoms with Crippen LogP contribution in [0.15, 0.2) is 72.9 Å². The maximum absolute atomic E-state index is 13.5. The minimum atomic E-state index is -0.434. The van der Waals surface area contributed by atoms with Crippen LogP contribution < -0.4 is 10.1 Å². The SMILES string of the molecule is COc1ccc(-c2cn(-c3ccc(C)c(C)c3)c(NC(=O)CN(C[C@@H]3CCCO3)C(=O)c3ccc(F)cc3)n2)cc1. The number of benzene rings is 3. The molecule has 1 aromatic heterocycles. The molecule has 0 unspecified atom stereocenters. The maximum atomic E-state index is 13.5. The first-order chi connectivity index (χ1) is 19.8. The van der Waals surface area contributed by atoms with E-state index in [2.05, 4.69) is 5.32 Å². The third kappa shape index (κ3) is 6.63. The highest BCUT2D eigenvalue weighted by molar-refractivity contribution is 5.99. The molecule has 4 aromatic rings. The molecule has 0 saturated carbocycles. The van der Waals surface area contributed by atoms with Crippen LogP contribution in [0.5, 0.6) is 5.75 Å². The van der Waals surface area contributed by atoms with Crippen LogP contribution in [0.3, 0.4) is 0 Å². The van der Waals surface area contributed by atoms with Crippen molar-refractivity contribution in [3.63, 3.8) is 0 Å². The number of methoxy groups -OCH3 is 1. The number of carbonyl (C=O) groups is 2. The van der Waals surface area contributed by atoms with Crippen molar-refractivity contribution in [1.29, 1.82) is 0 Å². The van der Waals surface area contributed by atoms with Crippen LogP contribution in [0.1, 0.15) is 34.3 Å². The number of nitrogens with zero attached hydrogens (tertiary/aromatic N) is 3. The van der Waals surface area contributed by atoms with Crippen molar-refractivity contribution < 1.29 is 23.5 Å². The number of amides is 2. The highest BCUT2D eigenvalue weighted by atomic mass is 19.1. The number of anilines is 1. The van der Waals surface area contributed by atoms with Crippen molar-refractivity contribution in [3.8, 4) is 22.7 Å². The molecule has 0 bridgehead atoms. The van der Waals surface area contributed by atoms with Gasteiger partial charge in [0.1, 0.15) is 18.1 Å². The quantitative estimate of drug-likeness (QED) is 0.292. The van der Waals surface area contributed by atoms with Crippen LogP contribution in [0, 0.1) is 19.7 Å². The van der Waals surface area contributed by atoms with Crippen molar-refractivity contribution >= 4 is 17.8 Å². The Morgan fingerprint density at radius 2 is 1.83 bits per heavy atom. The molecule has 3 aromatic carbocycles. The number of aromatic nitrogens is 2. The van der Waals surface area contributed by atoms with Gasteiger partial charge < -0.3 is 14.4 Å². The average molecular weight is 557 g/mol. The third-order valence-corrected chi connectivity index (χ3v) is 7.27. The highest BCUT2D eigenvalue weighted by Gasteiger charge is 2.26. The third-order valence-electron chi connectivity index (χ3n) is 7.27. The van der Waals surface area contributed by atoms with Crippen LogP contribution in [-0.2, 0) is 9.53 Å². The van der Waals surface area contributed by atoms with Gasteiger partial charge in [0.25, 0.3) is 5.91 Å². The molecular formula is C32H33FN4O4. The zero-order valence-electron chi connectivity index (χ0n) is 23.4. The van der Waals surface area contributed by atoms with Crippen molar-refractivity contribution in [2.75, 3.05) is 32.1 Å². The first-order valence-corrected chi connectivity index (χ1v) is 13.6. The summed E-state index contributed by atoms with van der Waals surface area (Å²) in [6.07, 6.45) is 3.41. The number of nitrogens with one attached hydrogen (secondary N) is 1. The predicted octanol–water partition coefficient (Wildman–Crippen LogP) is 5.56. The van der Waals surface area contributed by atoms with Gasteiger partial charge in [-0.2, -0.15) is 0 Å². The standard InChI is InChI=1S/C32H33FN4O4/c1-21-6-13-26(17-22(21)2)37-19-29(23-9-14-27(40-3)15-10-23)34-32(37)35-30(38)20-36(18-28-5-4-16-41-28)31(39)24-7-11-25(33)12-8-24/h6-15,17,19,28H,4-5,16,18,20H2,1-3H3,(H,34,35,38)/t28-/m0/s1. The molecule has 0 radical (unpaired) electrons. The molecule has 8 nitrogen and oxygen atoms in total. The number of rotatable bonds is 9. The van der Waals surface area contributed by atoms with Crippen LogP contribution >= 0.6 is 0 Å². The zero-order chi connectivity index (χ0) is 28.9. The smallest absolute Gasteiger partial charge is 0.254 e. The van der Waals surface area contributed by atoms with E-state index in [1.165, 1.54) is 29.2 Å². The maximum Gasteiger partial charge on any atom is 0.254 e. The summed E-state index contributed by atoms with van der Waals surface area (Å²) in [4.78, 5) is 33.0.